The first-order valence-corrected chi connectivity index (χ1v) is 7.34. The number of aliphatic hydroxyl groups excluding tert-OH is 1. The molecule has 0 saturated heterocycles. The van der Waals surface area contributed by atoms with Crippen LogP contribution in [0, 0.1) is 12.3 Å². The van der Waals surface area contributed by atoms with E-state index in [1.165, 1.54) is 25.7 Å². The lowest BCUT2D eigenvalue weighted by Crippen LogP contribution is -2.42. The summed E-state index contributed by atoms with van der Waals surface area (Å²) in [6, 6.07) is 0.124. The van der Waals surface area contributed by atoms with E-state index < -0.39 is 0 Å². The molecule has 0 amide bonds. The van der Waals surface area contributed by atoms with Gasteiger partial charge in [-0.2, -0.15) is 0 Å². The Hall–Kier alpha value is -1.16. The topological polar surface area (TPSA) is 55.1 Å². The molecule has 4 nitrogen and oxygen atoms in total. The third-order valence-corrected chi connectivity index (χ3v) is 5.06. The second kappa shape index (κ2) is 4.75. The number of aliphatic hydroxyl groups is 1. The van der Waals surface area contributed by atoms with Gasteiger partial charge >= 0.3 is 5.69 Å². The Morgan fingerprint density at radius 2 is 2.11 bits per heavy atom. The number of nitrogens with zero attached hydrogens (tertiary/aromatic N) is 2. The number of aryl methyl sites for hydroxylation is 1. The lowest BCUT2D eigenvalue weighted by atomic mass is 9.68. The van der Waals surface area contributed by atoms with Crippen molar-refractivity contribution in [1.82, 2.24) is 9.55 Å². The van der Waals surface area contributed by atoms with Crippen LogP contribution in [-0.4, -0.2) is 20.8 Å². The van der Waals surface area contributed by atoms with Crippen LogP contribution in [0.1, 0.15) is 56.6 Å². The van der Waals surface area contributed by atoms with E-state index in [1.54, 1.807) is 10.8 Å². The molecule has 1 spiro atoms. The summed E-state index contributed by atoms with van der Waals surface area (Å²) in [5.41, 5.74) is 1.06. The molecule has 1 heterocycles. The molecule has 0 aromatic carbocycles. The van der Waals surface area contributed by atoms with Crippen molar-refractivity contribution in [3.05, 3.63) is 28.4 Å². The van der Waals surface area contributed by atoms with E-state index in [2.05, 4.69) is 4.98 Å². The van der Waals surface area contributed by atoms with Gasteiger partial charge in [0.05, 0.1) is 6.10 Å². The van der Waals surface area contributed by atoms with E-state index in [0.29, 0.717) is 6.42 Å². The lowest BCUT2D eigenvalue weighted by Gasteiger charge is -2.44. The molecule has 104 valence electrons. The van der Waals surface area contributed by atoms with E-state index in [1.807, 2.05) is 13.1 Å². The van der Waals surface area contributed by atoms with Crippen LogP contribution < -0.4 is 5.69 Å². The molecule has 2 aliphatic carbocycles. The van der Waals surface area contributed by atoms with Crippen molar-refractivity contribution in [3.8, 4) is 0 Å². The summed E-state index contributed by atoms with van der Waals surface area (Å²) >= 11 is 0. The number of hydrogen-bond donors (Lipinski definition) is 1. The highest BCUT2D eigenvalue weighted by molar-refractivity contribution is 5.05. The van der Waals surface area contributed by atoms with Gasteiger partial charge < -0.3 is 5.11 Å². The van der Waals surface area contributed by atoms with Gasteiger partial charge in [-0.05, 0) is 50.0 Å². The first-order chi connectivity index (χ1) is 9.11. The maximum absolute atomic E-state index is 12.1. The standard InChI is InChI=1S/C15H22N2O2/c1-11-9-16-14(19)17(10-11)13-8-12(18)4-7-15(13)5-2-3-6-15/h9-10,12-13,18H,2-8H2,1H3. The monoisotopic (exact) mass is 262 g/mol. The lowest BCUT2D eigenvalue weighted by molar-refractivity contribution is 0.0155. The van der Waals surface area contributed by atoms with Crippen molar-refractivity contribution < 1.29 is 5.11 Å². The first-order valence-electron chi connectivity index (χ1n) is 7.34. The molecule has 2 saturated carbocycles. The molecule has 4 heteroatoms. The molecule has 2 atom stereocenters. The summed E-state index contributed by atoms with van der Waals surface area (Å²) in [5, 5.41) is 10.0. The Balaban J connectivity index is 2.03. The Morgan fingerprint density at radius 3 is 2.84 bits per heavy atom. The van der Waals surface area contributed by atoms with Gasteiger partial charge in [0.1, 0.15) is 0 Å². The van der Waals surface area contributed by atoms with E-state index >= 15 is 0 Å². The van der Waals surface area contributed by atoms with Gasteiger partial charge in [0.15, 0.2) is 0 Å². The second-order valence-electron chi connectivity index (χ2n) is 6.33. The number of aromatic nitrogens is 2. The largest absolute Gasteiger partial charge is 0.393 e. The van der Waals surface area contributed by atoms with Crippen LogP contribution in [0.3, 0.4) is 0 Å². The van der Waals surface area contributed by atoms with E-state index in [0.717, 1.165) is 18.4 Å². The highest BCUT2D eigenvalue weighted by Gasteiger charge is 2.46. The zero-order chi connectivity index (χ0) is 13.5. The fourth-order valence-corrected chi connectivity index (χ4v) is 4.07. The molecular weight excluding hydrogens is 240 g/mol. The predicted molar refractivity (Wildman–Crippen MR) is 73.0 cm³/mol. The molecule has 3 rings (SSSR count). The molecule has 2 aliphatic rings. The summed E-state index contributed by atoms with van der Waals surface area (Å²) in [4.78, 5) is 16.0. The molecule has 0 aliphatic heterocycles. The molecular formula is C15H22N2O2. The molecule has 1 N–H and O–H groups in total. The van der Waals surface area contributed by atoms with Gasteiger partial charge in [-0.25, -0.2) is 9.78 Å². The number of rotatable bonds is 1. The third-order valence-electron chi connectivity index (χ3n) is 5.06. The Morgan fingerprint density at radius 1 is 1.37 bits per heavy atom. The minimum Gasteiger partial charge on any atom is -0.393 e. The van der Waals surface area contributed by atoms with Crippen molar-refractivity contribution in [1.29, 1.82) is 0 Å². The van der Waals surface area contributed by atoms with Crippen molar-refractivity contribution in [3.63, 3.8) is 0 Å². The van der Waals surface area contributed by atoms with Gasteiger partial charge in [-0.3, -0.25) is 4.57 Å². The molecule has 2 unspecified atom stereocenters. The summed E-state index contributed by atoms with van der Waals surface area (Å²) in [6.45, 7) is 1.96. The Labute approximate surface area is 113 Å². The van der Waals surface area contributed by atoms with Crippen molar-refractivity contribution in [2.24, 2.45) is 5.41 Å². The fraction of sp³-hybridized carbons (Fsp3) is 0.733. The van der Waals surface area contributed by atoms with Gasteiger partial charge in [0.25, 0.3) is 0 Å². The second-order valence-corrected chi connectivity index (χ2v) is 6.33. The molecule has 1 aromatic rings. The highest BCUT2D eigenvalue weighted by Crippen LogP contribution is 2.54. The Kier molecular flexibility index (Phi) is 3.21. The predicted octanol–water partition coefficient (Wildman–Crippen LogP) is 2.20. The summed E-state index contributed by atoms with van der Waals surface area (Å²) in [5.74, 6) is 0. The minimum absolute atomic E-state index is 0.124. The molecule has 2 fully saturated rings. The SMILES string of the molecule is Cc1cnc(=O)n(C2CC(O)CCC23CCCC3)c1. The maximum atomic E-state index is 12.1. The van der Waals surface area contributed by atoms with Crippen LogP contribution in [0.4, 0.5) is 0 Å². The van der Waals surface area contributed by atoms with E-state index in [9.17, 15) is 9.90 Å². The normalized spacial score (nSPS) is 29.8. The average molecular weight is 262 g/mol. The van der Waals surface area contributed by atoms with Crippen LogP contribution in [0.15, 0.2) is 17.2 Å². The molecule has 0 bridgehead atoms. The van der Waals surface area contributed by atoms with Gasteiger partial charge in [-0.1, -0.05) is 12.8 Å². The van der Waals surface area contributed by atoms with E-state index in [4.69, 9.17) is 0 Å². The summed E-state index contributed by atoms with van der Waals surface area (Å²) < 4.78 is 1.79. The molecule has 19 heavy (non-hydrogen) atoms. The van der Waals surface area contributed by atoms with Crippen LogP contribution in [-0.2, 0) is 0 Å². The van der Waals surface area contributed by atoms with E-state index in [-0.39, 0.29) is 23.3 Å². The van der Waals surface area contributed by atoms with Crippen molar-refractivity contribution in [2.75, 3.05) is 0 Å². The number of hydrogen-bond acceptors (Lipinski definition) is 3. The van der Waals surface area contributed by atoms with Gasteiger partial charge in [-0.15, -0.1) is 0 Å². The first kappa shape index (κ1) is 12.9. The minimum atomic E-state index is -0.274. The van der Waals surface area contributed by atoms with Crippen LogP contribution in [0.2, 0.25) is 0 Å². The van der Waals surface area contributed by atoms with Crippen molar-refractivity contribution in [2.45, 2.75) is 64.0 Å². The van der Waals surface area contributed by atoms with Gasteiger partial charge in [0.2, 0.25) is 0 Å². The third kappa shape index (κ3) is 2.22. The zero-order valence-corrected chi connectivity index (χ0v) is 11.5. The van der Waals surface area contributed by atoms with Crippen LogP contribution >= 0.6 is 0 Å². The molecule has 1 aromatic heterocycles. The van der Waals surface area contributed by atoms with Crippen molar-refractivity contribution >= 4 is 0 Å². The van der Waals surface area contributed by atoms with Crippen LogP contribution in [0.25, 0.3) is 0 Å². The van der Waals surface area contributed by atoms with Crippen LogP contribution in [0.5, 0.6) is 0 Å². The fourth-order valence-electron chi connectivity index (χ4n) is 4.07. The summed E-state index contributed by atoms with van der Waals surface area (Å²) in [7, 11) is 0. The average Bonchev–Trinajstić information content (AvgIpc) is 2.85. The quantitative estimate of drug-likeness (QED) is 0.844. The zero-order valence-electron chi connectivity index (χ0n) is 11.5. The van der Waals surface area contributed by atoms with Gasteiger partial charge in [0, 0.05) is 18.4 Å². The smallest absolute Gasteiger partial charge is 0.347 e. The maximum Gasteiger partial charge on any atom is 0.347 e. The summed E-state index contributed by atoms with van der Waals surface area (Å²) in [6.07, 6.45) is 10.8. The highest BCUT2D eigenvalue weighted by atomic mass is 16.3. The molecule has 0 radical (unpaired) electrons. The Bertz CT molecular complexity index is 517.